The first kappa shape index (κ1) is 16.5. The van der Waals surface area contributed by atoms with Crippen molar-refractivity contribution >= 4 is 11.7 Å². The summed E-state index contributed by atoms with van der Waals surface area (Å²) in [6, 6.07) is 12.9. The third-order valence-corrected chi connectivity index (χ3v) is 5.15. The number of benzene rings is 2. The summed E-state index contributed by atoms with van der Waals surface area (Å²) in [5.74, 6) is -0.759. The number of ketones is 1. The zero-order valence-electron chi connectivity index (χ0n) is 14.0. The average molecular weight is 351 g/mol. The second-order valence-corrected chi connectivity index (χ2v) is 6.87. The van der Waals surface area contributed by atoms with Gasteiger partial charge < -0.3 is 10.4 Å². The summed E-state index contributed by atoms with van der Waals surface area (Å²) in [4.78, 5) is 25.1. The number of carbonyl (C=O) groups excluding carboxylic acids is 2. The number of aromatic hydroxyl groups is 1. The lowest BCUT2D eigenvalue weighted by Gasteiger charge is -2.34. The maximum atomic E-state index is 13.2. The fourth-order valence-corrected chi connectivity index (χ4v) is 3.96. The van der Waals surface area contributed by atoms with E-state index in [4.69, 9.17) is 0 Å². The molecule has 2 aromatic rings. The van der Waals surface area contributed by atoms with Crippen LogP contribution in [0.15, 0.2) is 59.8 Å². The maximum Gasteiger partial charge on any atom is 0.225 e. The molecule has 0 aromatic heterocycles. The number of nitrogens with one attached hydrogen (secondary N) is 1. The maximum absolute atomic E-state index is 13.2. The molecular weight excluding hydrogens is 333 g/mol. The number of rotatable bonds is 2. The van der Waals surface area contributed by atoms with Crippen molar-refractivity contribution in [2.45, 2.75) is 31.1 Å². The summed E-state index contributed by atoms with van der Waals surface area (Å²) >= 11 is 0. The Kier molecular flexibility index (Phi) is 4.07. The molecule has 5 heteroatoms. The van der Waals surface area contributed by atoms with E-state index in [0.29, 0.717) is 24.1 Å². The highest BCUT2D eigenvalue weighted by Gasteiger charge is 2.38. The largest absolute Gasteiger partial charge is 0.508 e. The average Bonchev–Trinajstić information content (AvgIpc) is 2.61. The zero-order chi connectivity index (χ0) is 18.3. The van der Waals surface area contributed by atoms with Gasteiger partial charge in [0.15, 0.2) is 5.78 Å². The van der Waals surface area contributed by atoms with E-state index in [1.54, 1.807) is 30.3 Å². The number of halogens is 1. The van der Waals surface area contributed by atoms with Gasteiger partial charge in [-0.1, -0.05) is 24.3 Å². The predicted molar refractivity (Wildman–Crippen MR) is 94.0 cm³/mol. The molecule has 26 heavy (non-hydrogen) atoms. The first-order valence-electron chi connectivity index (χ1n) is 8.62. The van der Waals surface area contributed by atoms with Crippen LogP contribution in [0.25, 0.3) is 0 Å². The molecule has 1 aliphatic carbocycles. The molecule has 1 heterocycles. The Balaban J connectivity index is 1.71. The fraction of sp³-hybridized carbons (Fsp3) is 0.238. The summed E-state index contributed by atoms with van der Waals surface area (Å²) in [6.07, 6.45) is 1.05. The van der Waals surface area contributed by atoms with E-state index in [0.717, 1.165) is 11.1 Å². The third-order valence-electron chi connectivity index (χ3n) is 5.15. The number of phenolic OH excluding ortho intramolecular Hbond substituents is 1. The molecule has 0 bridgehead atoms. The van der Waals surface area contributed by atoms with Crippen LogP contribution in [0.5, 0.6) is 5.75 Å². The molecule has 2 atom stereocenters. The van der Waals surface area contributed by atoms with Gasteiger partial charge in [0.1, 0.15) is 11.6 Å². The number of phenols is 1. The predicted octanol–water partition coefficient (Wildman–Crippen LogP) is 3.54. The quantitative estimate of drug-likeness (QED) is 0.870. The van der Waals surface area contributed by atoms with Gasteiger partial charge in [-0.25, -0.2) is 4.39 Å². The number of Topliss-reactive ketones (excluding diaryl/α,β-unsaturated/α-hetero) is 1. The molecule has 0 spiro atoms. The summed E-state index contributed by atoms with van der Waals surface area (Å²) in [5.41, 5.74) is 2.94. The fourth-order valence-electron chi connectivity index (χ4n) is 3.96. The van der Waals surface area contributed by atoms with Crippen LogP contribution in [0, 0.1) is 5.82 Å². The number of allylic oxidation sites excluding steroid dienone is 2. The number of carbonyl (C=O) groups is 2. The Morgan fingerprint density at radius 1 is 0.962 bits per heavy atom. The van der Waals surface area contributed by atoms with Gasteiger partial charge in [0.2, 0.25) is 5.91 Å². The molecule has 2 aromatic carbocycles. The molecule has 2 N–H and O–H groups in total. The van der Waals surface area contributed by atoms with Crippen molar-refractivity contribution in [3.05, 3.63) is 76.7 Å². The van der Waals surface area contributed by atoms with Crippen LogP contribution in [0.2, 0.25) is 0 Å². The molecular formula is C21H18FNO3. The Hall–Kier alpha value is -2.95. The molecule has 132 valence electrons. The second kappa shape index (κ2) is 6.41. The number of hydrogen-bond acceptors (Lipinski definition) is 3. The molecule has 0 fully saturated rings. The first-order chi connectivity index (χ1) is 12.5. The van der Waals surface area contributed by atoms with E-state index in [2.05, 4.69) is 5.32 Å². The van der Waals surface area contributed by atoms with Crippen LogP contribution >= 0.6 is 0 Å². The highest BCUT2D eigenvalue weighted by Crippen LogP contribution is 2.42. The van der Waals surface area contributed by atoms with Crippen LogP contribution in [0.1, 0.15) is 42.2 Å². The van der Waals surface area contributed by atoms with Gasteiger partial charge in [-0.15, -0.1) is 0 Å². The molecule has 4 nitrogen and oxygen atoms in total. The summed E-state index contributed by atoms with van der Waals surface area (Å²) < 4.78 is 13.2. The molecule has 1 aliphatic heterocycles. The van der Waals surface area contributed by atoms with E-state index >= 15 is 0 Å². The smallest absolute Gasteiger partial charge is 0.225 e. The Labute approximate surface area is 150 Å². The van der Waals surface area contributed by atoms with E-state index in [-0.39, 0.29) is 41.5 Å². The Morgan fingerprint density at radius 2 is 1.73 bits per heavy atom. The summed E-state index contributed by atoms with van der Waals surface area (Å²) in [5, 5.41) is 12.6. The molecule has 0 saturated carbocycles. The van der Waals surface area contributed by atoms with Gasteiger partial charge in [-0.05, 0) is 47.7 Å². The van der Waals surface area contributed by atoms with Crippen molar-refractivity contribution in [2.24, 2.45) is 0 Å². The third kappa shape index (κ3) is 3.01. The summed E-state index contributed by atoms with van der Waals surface area (Å²) in [6.45, 7) is 0. The van der Waals surface area contributed by atoms with Crippen molar-refractivity contribution in [3.8, 4) is 5.75 Å². The van der Waals surface area contributed by atoms with Crippen molar-refractivity contribution in [3.63, 3.8) is 0 Å². The molecule has 0 radical (unpaired) electrons. The van der Waals surface area contributed by atoms with Crippen LogP contribution in [-0.4, -0.2) is 16.8 Å². The molecule has 4 rings (SSSR count). The standard InChI is InChI=1S/C21H18FNO3/c22-15-6-4-12(5-7-15)14-9-18-21(19(25)10-14)17(11-20(26)23-18)13-2-1-3-16(24)8-13/h1-8,14,17,24H,9-11H2,(H,23,26)/t14-,17-/m0/s1. The monoisotopic (exact) mass is 351 g/mol. The Morgan fingerprint density at radius 3 is 2.46 bits per heavy atom. The van der Waals surface area contributed by atoms with Crippen LogP contribution in [0.3, 0.4) is 0 Å². The first-order valence-corrected chi connectivity index (χ1v) is 8.62. The van der Waals surface area contributed by atoms with Gasteiger partial charge in [0.05, 0.1) is 0 Å². The minimum absolute atomic E-state index is 0.00563. The van der Waals surface area contributed by atoms with E-state index in [9.17, 15) is 19.1 Å². The van der Waals surface area contributed by atoms with Crippen molar-refractivity contribution in [2.75, 3.05) is 0 Å². The van der Waals surface area contributed by atoms with Gasteiger partial charge in [-0.2, -0.15) is 0 Å². The molecule has 0 saturated heterocycles. The molecule has 0 unspecified atom stereocenters. The minimum Gasteiger partial charge on any atom is -0.508 e. The van der Waals surface area contributed by atoms with Gasteiger partial charge in [0, 0.05) is 30.0 Å². The second-order valence-electron chi connectivity index (χ2n) is 6.87. The van der Waals surface area contributed by atoms with E-state index < -0.39 is 0 Å². The van der Waals surface area contributed by atoms with Crippen LogP contribution in [-0.2, 0) is 9.59 Å². The van der Waals surface area contributed by atoms with Crippen molar-refractivity contribution in [1.29, 1.82) is 0 Å². The lowest BCUT2D eigenvalue weighted by atomic mass is 9.73. The molecule has 2 aliphatic rings. The molecule has 1 amide bonds. The van der Waals surface area contributed by atoms with E-state index in [1.165, 1.54) is 12.1 Å². The minimum atomic E-state index is -0.340. The van der Waals surface area contributed by atoms with Crippen LogP contribution in [0.4, 0.5) is 4.39 Å². The number of hydrogen-bond donors (Lipinski definition) is 2. The highest BCUT2D eigenvalue weighted by atomic mass is 19.1. The van der Waals surface area contributed by atoms with Gasteiger partial charge in [-0.3, -0.25) is 9.59 Å². The van der Waals surface area contributed by atoms with E-state index in [1.807, 2.05) is 6.07 Å². The lowest BCUT2D eigenvalue weighted by molar-refractivity contribution is -0.122. The van der Waals surface area contributed by atoms with Gasteiger partial charge in [0.25, 0.3) is 0 Å². The normalized spacial score (nSPS) is 22.8. The lowest BCUT2D eigenvalue weighted by Crippen LogP contribution is -2.38. The highest BCUT2D eigenvalue weighted by molar-refractivity contribution is 6.02. The van der Waals surface area contributed by atoms with Gasteiger partial charge >= 0.3 is 0 Å². The van der Waals surface area contributed by atoms with Crippen molar-refractivity contribution in [1.82, 2.24) is 5.32 Å². The SMILES string of the molecule is O=C1C[C@@H](c2cccc(O)c2)C2=C(C[C@H](c3ccc(F)cc3)CC2=O)N1. The zero-order valence-corrected chi connectivity index (χ0v) is 14.0. The Bertz CT molecular complexity index is 917. The topological polar surface area (TPSA) is 66.4 Å². The number of amides is 1. The summed E-state index contributed by atoms with van der Waals surface area (Å²) in [7, 11) is 0. The van der Waals surface area contributed by atoms with Crippen molar-refractivity contribution < 1.29 is 19.1 Å². The van der Waals surface area contributed by atoms with Crippen LogP contribution < -0.4 is 5.32 Å².